The highest BCUT2D eigenvalue weighted by atomic mass is 16.3. The van der Waals surface area contributed by atoms with E-state index in [2.05, 4.69) is 0 Å². The fourth-order valence-electron chi connectivity index (χ4n) is 4.66. The zero-order chi connectivity index (χ0) is 14.9. The molecule has 3 rings (SSSR count). The molecule has 2 aliphatic carbocycles. The maximum atomic E-state index is 12.8. The van der Waals surface area contributed by atoms with E-state index in [9.17, 15) is 14.7 Å². The normalized spacial score (nSPS) is 32.9. The molecule has 2 amide bonds. The van der Waals surface area contributed by atoms with Crippen LogP contribution in [0.5, 0.6) is 0 Å². The van der Waals surface area contributed by atoms with Crippen LogP contribution in [0.2, 0.25) is 0 Å². The van der Waals surface area contributed by atoms with Crippen molar-refractivity contribution in [3.8, 4) is 0 Å². The highest BCUT2D eigenvalue weighted by Crippen LogP contribution is 2.46. The van der Waals surface area contributed by atoms with Gasteiger partial charge >= 0.3 is 0 Å². The van der Waals surface area contributed by atoms with Gasteiger partial charge in [-0.3, -0.25) is 14.5 Å². The summed E-state index contributed by atoms with van der Waals surface area (Å²) in [6.07, 6.45) is 9.95. The lowest BCUT2D eigenvalue weighted by Crippen LogP contribution is -2.42. The van der Waals surface area contributed by atoms with Crippen LogP contribution in [0, 0.1) is 17.3 Å². The zero-order valence-electron chi connectivity index (χ0n) is 12.9. The topological polar surface area (TPSA) is 57.6 Å². The molecule has 3 aliphatic rings. The molecule has 3 fully saturated rings. The third kappa shape index (κ3) is 2.75. The van der Waals surface area contributed by atoms with Gasteiger partial charge < -0.3 is 5.11 Å². The zero-order valence-corrected chi connectivity index (χ0v) is 12.9. The number of aliphatic hydroxyl groups is 1. The van der Waals surface area contributed by atoms with Gasteiger partial charge in [-0.05, 0) is 37.5 Å². The van der Waals surface area contributed by atoms with E-state index < -0.39 is 0 Å². The van der Waals surface area contributed by atoms with Gasteiger partial charge in [-0.2, -0.15) is 0 Å². The van der Waals surface area contributed by atoms with Crippen molar-refractivity contribution in [3.63, 3.8) is 0 Å². The Morgan fingerprint density at radius 1 is 1.00 bits per heavy atom. The molecular formula is C17H27NO3. The quantitative estimate of drug-likeness (QED) is 0.813. The van der Waals surface area contributed by atoms with Gasteiger partial charge in [0.1, 0.15) is 0 Å². The van der Waals surface area contributed by atoms with Gasteiger partial charge in [0.15, 0.2) is 0 Å². The Hall–Kier alpha value is -0.900. The molecule has 0 bridgehead atoms. The molecule has 1 spiro atoms. The van der Waals surface area contributed by atoms with E-state index in [1.807, 2.05) is 0 Å². The molecule has 2 saturated carbocycles. The molecule has 118 valence electrons. The first-order chi connectivity index (χ1) is 10.2. The molecule has 1 aliphatic heterocycles. The molecule has 2 unspecified atom stereocenters. The lowest BCUT2D eigenvalue weighted by atomic mass is 9.73. The first-order valence-electron chi connectivity index (χ1n) is 8.62. The molecular weight excluding hydrogens is 266 g/mol. The number of imide groups is 1. The van der Waals surface area contributed by atoms with E-state index >= 15 is 0 Å². The summed E-state index contributed by atoms with van der Waals surface area (Å²) in [4.78, 5) is 26.7. The maximum Gasteiger partial charge on any atom is 0.235 e. The lowest BCUT2D eigenvalue weighted by Gasteiger charge is -2.34. The second-order valence-electron chi connectivity index (χ2n) is 7.31. The van der Waals surface area contributed by atoms with Gasteiger partial charge in [-0.15, -0.1) is 0 Å². The van der Waals surface area contributed by atoms with E-state index in [1.54, 1.807) is 4.90 Å². The minimum Gasteiger partial charge on any atom is -0.396 e. The third-order valence-corrected chi connectivity index (χ3v) is 6.02. The minimum atomic E-state index is -0.362. The molecule has 0 aromatic rings. The van der Waals surface area contributed by atoms with Gasteiger partial charge in [0.05, 0.1) is 5.41 Å². The van der Waals surface area contributed by atoms with Crippen LogP contribution in [-0.4, -0.2) is 35.0 Å². The molecule has 0 aromatic carbocycles. The van der Waals surface area contributed by atoms with Crippen molar-refractivity contribution in [2.24, 2.45) is 17.3 Å². The Balaban J connectivity index is 1.70. The Morgan fingerprint density at radius 2 is 1.67 bits per heavy atom. The summed E-state index contributed by atoms with van der Waals surface area (Å²) in [5, 5.41) is 9.52. The molecule has 4 nitrogen and oxygen atoms in total. The molecule has 1 saturated heterocycles. The molecule has 1 heterocycles. The summed E-state index contributed by atoms with van der Waals surface area (Å²) in [6.45, 7) is 0.733. The van der Waals surface area contributed by atoms with Crippen LogP contribution in [0.1, 0.15) is 64.2 Å². The molecule has 4 heteroatoms. The fraction of sp³-hybridized carbons (Fsp3) is 0.882. The van der Waals surface area contributed by atoms with Gasteiger partial charge in [-0.25, -0.2) is 0 Å². The van der Waals surface area contributed by atoms with Crippen molar-refractivity contribution in [2.75, 3.05) is 13.2 Å². The second kappa shape index (κ2) is 6.07. The third-order valence-electron chi connectivity index (χ3n) is 6.02. The van der Waals surface area contributed by atoms with E-state index in [4.69, 9.17) is 0 Å². The summed E-state index contributed by atoms with van der Waals surface area (Å²) in [5.74, 6) is 0.691. The SMILES string of the molecule is O=C1CC2(CCCCC2)C(=O)N1CC1CCCCC1CO. The minimum absolute atomic E-state index is 0.0316. The standard InChI is InChI=1S/C17H27NO3/c19-12-14-7-3-2-6-13(14)11-18-15(20)10-17(16(18)21)8-4-1-5-9-17/h13-14,19H,1-12H2. The predicted molar refractivity (Wildman–Crippen MR) is 79.4 cm³/mol. The van der Waals surface area contributed by atoms with Crippen molar-refractivity contribution >= 4 is 11.8 Å². The molecule has 0 aromatic heterocycles. The van der Waals surface area contributed by atoms with Crippen LogP contribution in [0.15, 0.2) is 0 Å². The van der Waals surface area contributed by atoms with Crippen LogP contribution < -0.4 is 0 Å². The average molecular weight is 293 g/mol. The van der Waals surface area contributed by atoms with Crippen molar-refractivity contribution in [1.82, 2.24) is 4.90 Å². The number of hydrogen-bond donors (Lipinski definition) is 1. The fourth-order valence-corrected chi connectivity index (χ4v) is 4.66. The van der Waals surface area contributed by atoms with Crippen LogP contribution in [0.4, 0.5) is 0 Å². The largest absolute Gasteiger partial charge is 0.396 e. The van der Waals surface area contributed by atoms with E-state index in [0.717, 1.165) is 51.4 Å². The number of hydrogen-bond acceptors (Lipinski definition) is 3. The predicted octanol–water partition coefficient (Wildman–Crippen LogP) is 2.49. The lowest BCUT2D eigenvalue weighted by molar-refractivity contribution is -0.143. The molecule has 2 atom stereocenters. The number of rotatable bonds is 3. The van der Waals surface area contributed by atoms with E-state index in [0.29, 0.717) is 18.9 Å². The monoisotopic (exact) mass is 293 g/mol. The van der Waals surface area contributed by atoms with Gasteiger partial charge in [0, 0.05) is 19.6 Å². The molecule has 1 N–H and O–H groups in total. The Morgan fingerprint density at radius 3 is 2.33 bits per heavy atom. The number of carbonyl (C=O) groups excluding carboxylic acids is 2. The van der Waals surface area contributed by atoms with Crippen molar-refractivity contribution < 1.29 is 14.7 Å². The highest BCUT2D eigenvalue weighted by molar-refractivity contribution is 6.05. The van der Waals surface area contributed by atoms with Gasteiger partial charge in [0.25, 0.3) is 0 Å². The maximum absolute atomic E-state index is 12.8. The number of nitrogens with zero attached hydrogens (tertiary/aromatic N) is 1. The highest BCUT2D eigenvalue weighted by Gasteiger charge is 2.51. The summed E-state index contributed by atoms with van der Waals surface area (Å²) < 4.78 is 0. The number of carbonyl (C=O) groups is 2. The second-order valence-corrected chi connectivity index (χ2v) is 7.31. The van der Waals surface area contributed by atoms with Crippen LogP contribution in [0.25, 0.3) is 0 Å². The van der Waals surface area contributed by atoms with E-state index in [1.165, 1.54) is 6.42 Å². The first kappa shape index (κ1) is 15.0. The number of aliphatic hydroxyl groups excluding tert-OH is 1. The summed E-state index contributed by atoms with van der Waals surface area (Å²) in [7, 11) is 0. The summed E-state index contributed by atoms with van der Waals surface area (Å²) in [5.41, 5.74) is -0.362. The van der Waals surface area contributed by atoms with Gasteiger partial charge in [0.2, 0.25) is 11.8 Å². The Labute approximate surface area is 126 Å². The van der Waals surface area contributed by atoms with Crippen molar-refractivity contribution in [1.29, 1.82) is 0 Å². The van der Waals surface area contributed by atoms with Crippen molar-refractivity contribution in [2.45, 2.75) is 64.2 Å². The summed E-state index contributed by atoms with van der Waals surface area (Å²) >= 11 is 0. The Bertz CT molecular complexity index is 414. The van der Waals surface area contributed by atoms with Gasteiger partial charge in [-0.1, -0.05) is 32.1 Å². The Kier molecular flexibility index (Phi) is 4.34. The first-order valence-corrected chi connectivity index (χ1v) is 8.62. The van der Waals surface area contributed by atoms with E-state index in [-0.39, 0.29) is 29.8 Å². The molecule has 0 radical (unpaired) electrons. The van der Waals surface area contributed by atoms with Crippen LogP contribution in [-0.2, 0) is 9.59 Å². The summed E-state index contributed by atoms with van der Waals surface area (Å²) in [6, 6.07) is 0. The van der Waals surface area contributed by atoms with Crippen LogP contribution in [0.3, 0.4) is 0 Å². The average Bonchev–Trinajstić information content (AvgIpc) is 2.73. The number of amides is 2. The van der Waals surface area contributed by atoms with Crippen LogP contribution >= 0.6 is 0 Å². The number of likely N-dealkylation sites (tertiary alicyclic amines) is 1. The molecule has 21 heavy (non-hydrogen) atoms. The smallest absolute Gasteiger partial charge is 0.235 e. The van der Waals surface area contributed by atoms with Crippen molar-refractivity contribution in [3.05, 3.63) is 0 Å².